The smallest absolute Gasteiger partial charge is 0.411 e. The molecule has 0 spiro atoms. The zero-order valence-electron chi connectivity index (χ0n) is 51.7. The summed E-state index contributed by atoms with van der Waals surface area (Å²) in [5, 5.41) is 11.5. The quantitative estimate of drug-likeness (QED) is 0.0431. The molecule has 25 heteroatoms. The summed E-state index contributed by atoms with van der Waals surface area (Å²) in [5.41, 5.74) is -3.88. The van der Waals surface area contributed by atoms with Crippen molar-refractivity contribution in [1.82, 2.24) is 0 Å². The van der Waals surface area contributed by atoms with Crippen molar-refractivity contribution in [2.24, 2.45) is 0 Å². The normalized spacial score (nSPS) is 14.2. The van der Waals surface area contributed by atoms with E-state index in [1.165, 1.54) is 91.0 Å². The van der Waals surface area contributed by atoms with Gasteiger partial charge in [0.25, 0.3) is 52.9 Å². The maximum atomic E-state index is 15.4. The number of hydrogen-bond donors (Lipinski definition) is 0. The Hall–Kier alpha value is -12.5. The third-order valence-corrected chi connectivity index (χ3v) is 19.2. The molecule has 0 bridgehead atoms. The number of imide groups is 4. The van der Waals surface area contributed by atoms with Crippen LogP contribution in [0.5, 0.6) is 23.0 Å². The lowest BCUT2D eigenvalue weighted by Gasteiger charge is -2.38. The molecule has 0 fully saturated rings. The fraction of sp³-hybridized carbons (Fsp3) is 0.0390. The van der Waals surface area contributed by atoms with Crippen molar-refractivity contribution in [1.29, 1.82) is 0 Å². The van der Waals surface area contributed by atoms with Gasteiger partial charge in [-0.05, 0) is 186 Å². The molecule has 0 saturated heterocycles. The number of halogens is 8. The molecule has 0 atom stereocenters. The molecule has 0 radical (unpaired) electrons. The molecule has 0 aromatic heterocycles. The summed E-state index contributed by atoms with van der Waals surface area (Å²) in [6.07, 6.45) is -12.0. The Kier molecular flexibility index (Phi) is 15.7. The van der Waals surface area contributed by atoms with Gasteiger partial charge < -0.3 is 9.47 Å². The Morgan fingerprint density at radius 3 is 1.13 bits per heavy atom. The standard InChI is InChI=1S/C77H39Br2F6N5O12/c78-61-38-47(90(99)100)39-62(79)66(61)89-70(94)58-14-7-12-54(65(58)74(89)98)42-17-35-56-60(37-42)72(96)87(68(56)92)46-24-32-51(33-25-46)102-49-28-20-44(21-29-49)75(76(80,81)82,77(83,84)85)43-18-26-48(27-19-43)101-50-30-22-45(23-31-50)86-67(91)55-34-16-41(36-59(55)71(86)95)53-11-6-13-57-64(53)73(97)88(69(57)93)63-15-5-4-10-52(63)40-8-2-1-3-9-40/h1-39H. The van der Waals surface area contributed by atoms with E-state index in [-0.39, 0.29) is 110 Å². The predicted molar refractivity (Wildman–Crippen MR) is 367 cm³/mol. The van der Waals surface area contributed by atoms with Gasteiger partial charge in [0.05, 0.1) is 72.2 Å². The molecule has 0 aliphatic carbocycles. The number of anilines is 4. The van der Waals surface area contributed by atoms with E-state index in [0.717, 1.165) is 61.6 Å². The molecule has 0 N–H and O–H groups in total. The Balaban J connectivity index is 0.614. The number of nitro groups is 1. The summed E-state index contributed by atoms with van der Waals surface area (Å²) in [5.74, 6) is -5.85. The first-order chi connectivity index (χ1) is 48.8. The summed E-state index contributed by atoms with van der Waals surface area (Å²) in [7, 11) is 0. The fourth-order valence-corrected chi connectivity index (χ4v) is 14.8. The second-order valence-corrected chi connectivity index (χ2v) is 25.4. The number of rotatable bonds is 14. The number of carbonyl (C=O) groups is 8. The largest absolute Gasteiger partial charge is 0.457 e. The van der Waals surface area contributed by atoms with E-state index in [1.807, 2.05) is 36.4 Å². The highest BCUT2D eigenvalue weighted by atomic mass is 79.9. The van der Waals surface area contributed by atoms with Gasteiger partial charge in [-0.1, -0.05) is 109 Å². The van der Waals surface area contributed by atoms with Gasteiger partial charge in [-0.25, -0.2) is 19.6 Å². The zero-order chi connectivity index (χ0) is 71.6. The van der Waals surface area contributed by atoms with Crippen molar-refractivity contribution >= 4 is 108 Å². The Morgan fingerprint density at radius 1 is 0.333 bits per heavy atom. The van der Waals surface area contributed by atoms with Gasteiger partial charge in [-0.2, -0.15) is 26.3 Å². The Morgan fingerprint density at radius 2 is 0.696 bits per heavy atom. The molecule has 102 heavy (non-hydrogen) atoms. The molecule has 17 nitrogen and oxygen atoms in total. The van der Waals surface area contributed by atoms with Crippen LogP contribution in [0, 0.1) is 10.1 Å². The van der Waals surface area contributed by atoms with E-state index in [9.17, 15) is 48.5 Å². The SMILES string of the molecule is O=C1c2ccc(-c3cccc4c3C(=O)N(c3ccccc3-c3ccccc3)C4=O)cc2C(=O)N1c1ccc(Oc2ccc(C(c3ccc(Oc4ccc(N5C(=O)c6ccc(-c7cccc8c7C(=O)N(c7c(Br)cc([N+](=O)[O-])cc7Br)C8=O)cc6C5=O)cc4)cc3)(C(F)(F)F)C(F)(F)F)cc2)cc1. The average molecular weight is 1500 g/mol. The van der Waals surface area contributed by atoms with Gasteiger partial charge in [-0.15, -0.1) is 0 Å². The highest BCUT2D eigenvalue weighted by Gasteiger charge is 2.72. The lowest BCUT2D eigenvalue weighted by Crippen LogP contribution is -2.54. The van der Waals surface area contributed by atoms with E-state index in [0.29, 0.717) is 46.6 Å². The van der Waals surface area contributed by atoms with Crippen LogP contribution in [0.3, 0.4) is 0 Å². The Bertz CT molecular complexity index is 5490. The minimum absolute atomic E-state index is 0.00363. The maximum Gasteiger partial charge on any atom is 0.411 e. The number of para-hydroxylation sites is 1. The van der Waals surface area contributed by atoms with Crippen molar-refractivity contribution in [2.75, 3.05) is 19.6 Å². The monoisotopic (exact) mass is 1500 g/mol. The average Bonchev–Trinajstić information content (AvgIpc) is 1.05. The number of non-ortho nitro benzene ring substituents is 1. The maximum absolute atomic E-state index is 15.4. The number of alkyl halides is 6. The number of nitrogens with zero attached hydrogens (tertiary/aromatic N) is 5. The fourth-order valence-electron chi connectivity index (χ4n) is 13.3. The first-order valence-electron chi connectivity index (χ1n) is 30.6. The number of hydrogen-bond acceptors (Lipinski definition) is 12. The topological polar surface area (TPSA) is 211 Å². The molecule has 4 heterocycles. The highest BCUT2D eigenvalue weighted by Crippen LogP contribution is 2.57. The van der Waals surface area contributed by atoms with Crippen LogP contribution >= 0.6 is 31.9 Å². The van der Waals surface area contributed by atoms with Crippen molar-refractivity contribution in [3.05, 3.63) is 311 Å². The van der Waals surface area contributed by atoms with Gasteiger partial charge in [-0.3, -0.25) is 48.5 Å². The minimum atomic E-state index is -5.98. The van der Waals surface area contributed by atoms with Crippen molar-refractivity contribution < 1.29 is 79.1 Å². The van der Waals surface area contributed by atoms with Gasteiger partial charge in [0.15, 0.2) is 0 Å². The summed E-state index contributed by atoms with van der Waals surface area (Å²) in [4.78, 5) is 127. The Labute approximate surface area is 588 Å². The van der Waals surface area contributed by atoms with Crippen molar-refractivity contribution in [3.8, 4) is 56.4 Å². The van der Waals surface area contributed by atoms with Crippen LogP contribution in [0.25, 0.3) is 33.4 Å². The second-order valence-electron chi connectivity index (χ2n) is 23.6. The van der Waals surface area contributed by atoms with Gasteiger partial charge in [0.2, 0.25) is 5.41 Å². The second kappa shape index (κ2) is 24.5. The van der Waals surface area contributed by atoms with Crippen LogP contribution in [-0.4, -0.2) is 64.5 Å². The van der Waals surface area contributed by atoms with Crippen LogP contribution < -0.4 is 29.1 Å². The van der Waals surface area contributed by atoms with Crippen LogP contribution in [0.1, 0.15) is 94.0 Å². The summed E-state index contributed by atoms with van der Waals surface area (Å²) in [6, 6.07) is 53.5. The lowest BCUT2D eigenvalue weighted by molar-refractivity contribution is -0.385. The van der Waals surface area contributed by atoms with E-state index >= 15 is 26.3 Å². The predicted octanol–water partition coefficient (Wildman–Crippen LogP) is 18.3. The van der Waals surface area contributed by atoms with Crippen LogP contribution in [-0.2, 0) is 5.41 Å². The first kappa shape index (κ1) is 65.5. The minimum Gasteiger partial charge on any atom is -0.457 e. The lowest BCUT2D eigenvalue weighted by atomic mass is 9.73. The summed E-state index contributed by atoms with van der Waals surface area (Å²) >= 11 is 6.48. The molecule has 0 saturated carbocycles. The van der Waals surface area contributed by atoms with E-state index in [1.54, 1.807) is 48.5 Å². The summed E-state index contributed by atoms with van der Waals surface area (Å²) < 4.78 is 104. The van der Waals surface area contributed by atoms with Crippen LogP contribution in [0.15, 0.2) is 246 Å². The van der Waals surface area contributed by atoms with Crippen LogP contribution in [0.2, 0.25) is 0 Å². The van der Waals surface area contributed by atoms with E-state index in [2.05, 4.69) is 31.9 Å². The molecule has 11 aromatic rings. The molecular formula is C77H39Br2F6N5O12. The molecule has 0 unspecified atom stereocenters. The third kappa shape index (κ3) is 10.4. The molecule has 11 aromatic carbocycles. The van der Waals surface area contributed by atoms with Crippen molar-refractivity contribution in [2.45, 2.75) is 17.8 Å². The zero-order valence-corrected chi connectivity index (χ0v) is 54.8. The van der Waals surface area contributed by atoms with E-state index < -0.39 is 81.1 Å². The number of ether oxygens (including phenoxy) is 2. The molecule has 15 rings (SSSR count). The first-order valence-corrected chi connectivity index (χ1v) is 32.2. The molecule has 500 valence electrons. The third-order valence-electron chi connectivity index (χ3n) is 18.0. The van der Waals surface area contributed by atoms with E-state index in [4.69, 9.17) is 9.47 Å². The highest BCUT2D eigenvalue weighted by molar-refractivity contribution is 9.11. The molecular weight excluding hydrogens is 1460 g/mol. The number of amides is 8. The van der Waals surface area contributed by atoms with Gasteiger partial charge in [0.1, 0.15) is 23.0 Å². The number of nitro benzene ring substituents is 1. The number of benzene rings is 11. The van der Waals surface area contributed by atoms with Gasteiger partial charge >= 0.3 is 12.4 Å². The van der Waals surface area contributed by atoms with Crippen molar-refractivity contribution in [3.63, 3.8) is 0 Å². The molecule has 4 aliphatic rings. The van der Waals surface area contributed by atoms with Crippen LogP contribution in [0.4, 0.5) is 54.8 Å². The molecule has 4 aliphatic heterocycles. The van der Waals surface area contributed by atoms with Gasteiger partial charge in [0, 0.05) is 26.6 Å². The number of carbonyl (C=O) groups excluding carboxylic acids is 8. The summed E-state index contributed by atoms with van der Waals surface area (Å²) in [6.45, 7) is 0. The number of fused-ring (bicyclic) bond motifs is 4. The molecule has 8 amide bonds.